The van der Waals surface area contributed by atoms with Crippen LogP contribution in [0.5, 0.6) is 0 Å². The van der Waals surface area contributed by atoms with Gasteiger partial charge in [0.25, 0.3) is 0 Å². The maximum absolute atomic E-state index is 3.85. The molecule has 3 heteroatoms. The van der Waals surface area contributed by atoms with E-state index in [2.05, 4.69) is 66.4 Å². The summed E-state index contributed by atoms with van der Waals surface area (Å²) >= 11 is 2.09. The molecular weight excluding hydrogens is 240 g/mol. The van der Waals surface area contributed by atoms with Crippen molar-refractivity contribution in [3.8, 4) is 0 Å². The van der Waals surface area contributed by atoms with E-state index in [1.54, 1.807) is 0 Å². The minimum atomic E-state index is 0.453. The summed E-state index contributed by atoms with van der Waals surface area (Å²) in [6, 6.07) is 12.0. The largest absolute Gasteiger partial charge is 0.308 e. The molecule has 1 aromatic carbocycles. The fourth-order valence-corrected chi connectivity index (χ4v) is 3.56. The Labute approximate surface area is 115 Å². The molecule has 1 unspecified atom stereocenters. The highest BCUT2D eigenvalue weighted by Crippen LogP contribution is 2.21. The van der Waals surface area contributed by atoms with Gasteiger partial charge in [-0.1, -0.05) is 30.3 Å². The average Bonchev–Trinajstić information content (AvgIpc) is 2.40. The van der Waals surface area contributed by atoms with Gasteiger partial charge in [-0.3, -0.25) is 0 Å². The summed E-state index contributed by atoms with van der Waals surface area (Å²) in [5.74, 6) is 2.61. The van der Waals surface area contributed by atoms with Crippen LogP contribution in [0.3, 0.4) is 0 Å². The van der Waals surface area contributed by atoms with Crippen LogP contribution in [0.1, 0.15) is 24.4 Å². The molecule has 18 heavy (non-hydrogen) atoms. The first kappa shape index (κ1) is 13.9. The summed E-state index contributed by atoms with van der Waals surface area (Å²) in [6.07, 6.45) is 2.61. The minimum Gasteiger partial charge on any atom is -0.308 e. The second-order valence-electron chi connectivity index (χ2n) is 5.28. The van der Waals surface area contributed by atoms with Crippen LogP contribution in [0.15, 0.2) is 30.3 Å². The number of rotatable bonds is 5. The van der Waals surface area contributed by atoms with Crippen molar-refractivity contribution in [2.45, 2.75) is 24.9 Å². The Morgan fingerprint density at radius 3 is 2.50 bits per heavy atom. The summed E-state index contributed by atoms with van der Waals surface area (Å²) in [6.45, 7) is 1.06. The van der Waals surface area contributed by atoms with Crippen LogP contribution in [0.4, 0.5) is 0 Å². The highest BCUT2D eigenvalue weighted by atomic mass is 32.2. The molecule has 0 aromatic heterocycles. The van der Waals surface area contributed by atoms with Gasteiger partial charge in [0, 0.05) is 18.6 Å². The summed E-state index contributed by atoms with van der Waals surface area (Å²) in [4.78, 5) is 2.27. The molecule has 2 nitrogen and oxygen atoms in total. The van der Waals surface area contributed by atoms with Gasteiger partial charge in [0.15, 0.2) is 0 Å². The molecule has 0 bridgehead atoms. The van der Waals surface area contributed by atoms with Crippen molar-refractivity contribution in [2.24, 2.45) is 0 Å². The van der Waals surface area contributed by atoms with Gasteiger partial charge in [0.1, 0.15) is 0 Å². The first-order chi connectivity index (χ1) is 8.75. The zero-order chi connectivity index (χ0) is 12.8. The lowest BCUT2D eigenvalue weighted by Gasteiger charge is -2.30. The van der Waals surface area contributed by atoms with Crippen LogP contribution in [0.25, 0.3) is 0 Å². The summed E-state index contributed by atoms with van der Waals surface area (Å²) in [5.41, 5.74) is 1.41. The first-order valence-electron chi connectivity index (χ1n) is 6.79. The maximum Gasteiger partial charge on any atom is 0.0451 e. The molecule has 1 aromatic rings. The number of likely N-dealkylation sites (N-methyl/N-ethyl adjacent to an activating group) is 1. The Kier molecular flexibility index (Phi) is 5.54. The van der Waals surface area contributed by atoms with Gasteiger partial charge in [0.2, 0.25) is 0 Å². The quantitative estimate of drug-likeness (QED) is 0.880. The molecule has 0 saturated carbocycles. The zero-order valence-corrected chi connectivity index (χ0v) is 12.2. The standard InChI is InChI=1S/C15H24N2S/c1-17(2)12-15(13-6-4-3-5-7-13)16-14-8-10-18-11-9-14/h3-7,14-16H,8-12H2,1-2H3. The molecule has 2 rings (SSSR count). The summed E-state index contributed by atoms with van der Waals surface area (Å²) in [5, 5.41) is 3.85. The topological polar surface area (TPSA) is 15.3 Å². The molecule has 1 heterocycles. The zero-order valence-electron chi connectivity index (χ0n) is 11.4. The van der Waals surface area contributed by atoms with Crippen LogP contribution < -0.4 is 5.32 Å². The molecule has 100 valence electrons. The van der Waals surface area contributed by atoms with E-state index in [9.17, 15) is 0 Å². The number of nitrogens with zero attached hydrogens (tertiary/aromatic N) is 1. The van der Waals surface area contributed by atoms with Gasteiger partial charge in [-0.15, -0.1) is 0 Å². The molecule has 0 aliphatic carbocycles. The number of thioether (sulfide) groups is 1. The average molecular weight is 264 g/mol. The van der Waals surface area contributed by atoms with Gasteiger partial charge < -0.3 is 10.2 Å². The van der Waals surface area contributed by atoms with Crippen molar-refractivity contribution in [3.05, 3.63) is 35.9 Å². The van der Waals surface area contributed by atoms with Crippen LogP contribution in [-0.2, 0) is 0 Å². The van der Waals surface area contributed by atoms with Crippen molar-refractivity contribution in [3.63, 3.8) is 0 Å². The molecule has 1 fully saturated rings. The van der Waals surface area contributed by atoms with Gasteiger partial charge in [-0.2, -0.15) is 11.8 Å². The van der Waals surface area contributed by atoms with Gasteiger partial charge in [-0.05, 0) is 44.0 Å². The lowest BCUT2D eigenvalue weighted by atomic mass is 10.0. The van der Waals surface area contributed by atoms with Crippen LogP contribution in [-0.4, -0.2) is 43.1 Å². The Hall–Kier alpha value is -0.510. The van der Waals surface area contributed by atoms with Crippen LogP contribution in [0, 0.1) is 0 Å². The molecule has 0 amide bonds. The van der Waals surface area contributed by atoms with Gasteiger partial charge in [0.05, 0.1) is 0 Å². The Morgan fingerprint density at radius 1 is 1.22 bits per heavy atom. The van der Waals surface area contributed by atoms with Crippen molar-refractivity contribution >= 4 is 11.8 Å². The van der Waals surface area contributed by atoms with E-state index in [-0.39, 0.29) is 0 Å². The van der Waals surface area contributed by atoms with Crippen LogP contribution in [0.2, 0.25) is 0 Å². The van der Waals surface area contributed by atoms with Crippen molar-refractivity contribution in [2.75, 3.05) is 32.1 Å². The third kappa shape index (κ3) is 4.30. The summed E-state index contributed by atoms with van der Waals surface area (Å²) < 4.78 is 0. The lowest BCUT2D eigenvalue weighted by Crippen LogP contribution is -2.39. The van der Waals surface area contributed by atoms with E-state index in [0.717, 1.165) is 6.54 Å². The Balaban J connectivity index is 2.00. The van der Waals surface area contributed by atoms with Crippen LogP contribution >= 0.6 is 11.8 Å². The SMILES string of the molecule is CN(C)CC(NC1CCSCC1)c1ccccc1. The second kappa shape index (κ2) is 7.17. The molecule has 1 saturated heterocycles. The second-order valence-corrected chi connectivity index (χ2v) is 6.50. The third-order valence-corrected chi connectivity index (χ3v) is 4.46. The van der Waals surface area contributed by atoms with E-state index in [0.29, 0.717) is 12.1 Å². The van der Waals surface area contributed by atoms with E-state index in [1.807, 2.05) is 0 Å². The van der Waals surface area contributed by atoms with Gasteiger partial charge >= 0.3 is 0 Å². The fraction of sp³-hybridized carbons (Fsp3) is 0.600. The highest BCUT2D eigenvalue weighted by Gasteiger charge is 2.19. The smallest absolute Gasteiger partial charge is 0.0451 e. The normalized spacial score (nSPS) is 19.1. The molecule has 1 aliphatic heterocycles. The number of nitrogens with one attached hydrogen (secondary N) is 1. The molecule has 0 radical (unpaired) electrons. The molecule has 1 aliphatic rings. The maximum atomic E-state index is 3.85. The van der Waals surface area contributed by atoms with E-state index < -0.39 is 0 Å². The first-order valence-corrected chi connectivity index (χ1v) is 7.94. The van der Waals surface area contributed by atoms with E-state index >= 15 is 0 Å². The molecule has 1 atom stereocenters. The number of benzene rings is 1. The van der Waals surface area contributed by atoms with E-state index in [1.165, 1.54) is 29.9 Å². The predicted molar refractivity (Wildman–Crippen MR) is 81.2 cm³/mol. The van der Waals surface area contributed by atoms with Gasteiger partial charge in [-0.25, -0.2) is 0 Å². The van der Waals surface area contributed by atoms with Crippen molar-refractivity contribution < 1.29 is 0 Å². The molecule has 0 spiro atoms. The third-order valence-electron chi connectivity index (χ3n) is 3.41. The predicted octanol–water partition coefficient (Wildman–Crippen LogP) is 2.77. The lowest BCUT2D eigenvalue weighted by molar-refractivity contribution is 0.312. The molecular formula is C15H24N2S. The minimum absolute atomic E-state index is 0.453. The number of hydrogen-bond donors (Lipinski definition) is 1. The monoisotopic (exact) mass is 264 g/mol. The molecule has 1 N–H and O–H groups in total. The fourth-order valence-electron chi connectivity index (χ4n) is 2.45. The van der Waals surface area contributed by atoms with E-state index in [4.69, 9.17) is 0 Å². The number of hydrogen-bond acceptors (Lipinski definition) is 3. The summed E-state index contributed by atoms with van der Waals surface area (Å²) in [7, 11) is 4.29. The Bertz CT molecular complexity index is 334. The Morgan fingerprint density at radius 2 is 1.89 bits per heavy atom. The van der Waals surface area contributed by atoms with Crippen molar-refractivity contribution in [1.29, 1.82) is 0 Å². The van der Waals surface area contributed by atoms with Crippen molar-refractivity contribution in [1.82, 2.24) is 10.2 Å². The highest BCUT2D eigenvalue weighted by molar-refractivity contribution is 7.99.